The maximum atomic E-state index is 13.3. The first-order valence-corrected chi connectivity index (χ1v) is 13.9. The van der Waals surface area contributed by atoms with Crippen LogP contribution < -0.4 is 19.5 Å². The zero-order chi connectivity index (χ0) is 26.9. The number of nitrogens with zero attached hydrogens (tertiary/aromatic N) is 3. The third kappa shape index (κ3) is 5.90. The van der Waals surface area contributed by atoms with E-state index in [-0.39, 0.29) is 34.8 Å². The van der Waals surface area contributed by atoms with Gasteiger partial charge < -0.3 is 19.4 Å². The average molecular weight is 574 g/mol. The Morgan fingerprint density at radius 3 is 2.44 bits per heavy atom. The molecule has 1 aliphatic heterocycles. The van der Waals surface area contributed by atoms with Crippen LogP contribution in [-0.4, -0.2) is 62.6 Å². The summed E-state index contributed by atoms with van der Waals surface area (Å²) in [5, 5.41) is 4.68. The number of aryl methyl sites for hydroxylation is 1. The molecule has 2 aromatic heterocycles. The summed E-state index contributed by atoms with van der Waals surface area (Å²) in [7, 11) is 0.863. The van der Waals surface area contributed by atoms with Gasteiger partial charge in [0.25, 0.3) is 10.0 Å². The number of piperidine rings is 1. The van der Waals surface area contributed by atoms with Crippen molar-refractivity contribution in [3.63, 3.8) is 0 Å². The Morgan fingerprint density at radius 1 is 0.949 bits per heavy atom. The van der Waals surface area contributed by atoms with Crippen molar-refractivity contribution in [1.29, 1.82) is 0 Å². The Bertz CT molecular complexity index is 1620. The lowest BCUT2D eigenvalue weighted by Gasteiger charge is -2.25. The molecule has 0 atom stereocenters. The fourth-order valence-corrected chi connectivity index (χ4v) is 6.01. The molecular formula is C27H32ClN5O5S. The number of benzene rings is 2. The molecule has 1 aliphatic rings. The van der Waals surface area contributed by atoms with E-state index in [1.807, 2.05) is 29.8 Å². The lowest BCUT2D eigenvalue weighted by molar-refractivity contribution is -0.117. The highest BCUT2D eigenvalue weighted by molar-refractivity contribution is 7.92. The number of hydrogen-bond acceptors (Lipinski definition) is 7. The number of amides is 1. The normalized spacial score (nSPS) is 14.1. The van der Waals surface area contributed by atoms with Crippen molar-refractivity contribution in [2.24, 2.45) is 7.05 Å². The molecule has 39 heavy (non-hydrogen) atoms. The molecule has 2 aromatic carbocycles. The fourth-order valence-electron chi connectivity index (χ4n) is 4.93. The van der Waals surface area contributed by atoms with Crippen LogP contribution in [0.4, 0.5) is 11.4 Å². The van der Waals surface area contributed by atoms with Gasteiger partial charge in [0.15, 0.2) is 0 Å². The van der Waals surface area contributed by atoms with E-state index in [2.05, 4.69) is 19.9 Å². The first-order valence-electron chi connectivity index (χ1n) is 12.5. The third-order valence-electron chi connectivity index (χ3n) is 6.87. The number of pyridine rings is 1. The first kappa shape index (κ1) is 28.5. The molecule has 4 aromatic rings. The van der Waals surface area contributed by atoms with Gasteiger partial charge in [0.05, 0.1) is 31.2 Å². The number of rotatable bonds is 8. The van der Waals surface area contributed by atoms with Gasteiger partial charge in [0.1, 0.15) is 5.69 Å². The second-order valence-electron chi connectivity index (χ2n) is 9.37. The third-order valence-corrected chi connectivity index (χ3v) is 8.23. The van der Waals surface area contributed by atoms with E-state index in [0.717, 1.165) is 47.7 Å². The van der Waals surface area contributed by atoms with Crippen LogP contribution in [0.5, 0.6) is 11.8 Å². The number of nitrogens with one attached hydrogen (secondary N) is 2. The molecule has 2 N–H and O–H groups in total. The molecule has 1 amide bonds. The molecule has 208 valence electrons. The van der Waals surface area contributed by atoms with E-state index in [9.17, 15) is 13.2 Å². The molecule has 0 aliphatic carbocycles. The number of carbonyl (C=O) groups is 1. The number of ether oxygens (including phenoxy) is 2. The largest absolute Gasteiger partial charge is 0.481 e. The van der Waals surface area contributed by atoms with Crippen LogP contribution in [0.25, 0.3) is 21.8 Å². The van der Waals surface area contributed by atoms with Gasteiger partial charge in [-0.2, -0.15) is 4.98 Å². The molecule has 3 heterocycles. The summed E-state index contributed by atoms with van der Waals surface area (Å²) < 4.78 is 41.4. The van der Waals surface area contributed by atoms with Gasteiger partial charge in [-0.15, -0.1) is 12.4 Å². The highest BCUT2D eigenvalue weighted by Crippen LogP contribution is 2.33. The minimum atomic E-state index is -3.94. The summed E-state index contributed by atoms with van der Waals surface area (Å²) in [5.74, 6) is 0.381. The topological polar surface area (TPSA) is 115 Å². The molecule has 10 nitrogen and oxygen atoms in total. The summed E-state index contributed by atoms with van der Waals surface area (Å²) >= 11 is 0. The van der Waals surface area contributed by atoms with Gasteiger partial charge in [-0.05, 0) is 62.3 Å². The summed E-state index contributed by atoms with van der Waals surface area (Å²) in [6.07, 6.45) is 3.49. The highest BCUT2D eigenvalue weighted by Gasteiger charge is 2.20. The van der Waals surface area contributed by atoms with Gasteiger partial charge in [-0.1, -0.05) is 12.5 Å². The Hall–Kier alpha value is -3.54. The Morgan fingerprint density at radius 2 is 1.72 bits per heavy atom. The van der Waals surface area contributed by atoms with E-state index in [0.29, 0.717) is 18.1 Å². The zero-order valence-corrected chi connectivity index (χ0v) is 23.7. The molecule has 0 bridgehead atoms. The van der Waals surface area contributed by atoms with Crippen LogP contribution in [0, 0.1) is 0 Å². The molecule has 0 unspecified atom stereocenters. The predicted molar refractivity (Wildman–Crippen MR) is 155 cm³/mol. The second-order valence-corrected chi connectivity index (χ2v) is 11.1. The number of likely N-dealkylation sites (tertiary alicyclic amines) is 1. The smallest absolute Gasteiger partial charge is 0.262 e. The van der Waals surface area contributed by atoms with Crippen LogP contribution in [0.3, 0.4) is 0 Å². The van der Waals surface area contributed by atoms with Crippen molar-refractivity contribution in [3.8, 4) is 11.8 Å². The summed E-state index contributed by atoms with van der Waals surface area (Å²) in [5.41, 5.74) is 2.68. The van der Waals surface area contributed by atoms with Crippen LogP contribution in [0.2, 0.25) is 0 Å². The molecule has 0 saturated carbocycles. The second kappa shape index (κ2) is 11.7. The van der Waals surface area contributed by atoms with E-state index in [4.69, 9.17) is 9.47 Å². The summed E-state index contributed by atoms with van der Waals surface area (Å²) in [6, 6.07) is 13.8. The molecule has 0 spiro atoms. The maximum Gasteiger partial charge on any atom is 0.262 e. The number of aromatic nitrogens is 2. The summed E-state index contributed by atoms with van der Waals surface area (Å²) in [4.78, 5) is 19.0. The quantitative estimate of drug-likeness (QED) is 0.321. The number of halogens is 1. The van der Waals surface area contributed by atoms with Crippen LogP contribution in [-0.2, 0) is 21.9 Å². The monoisotopic (exact) mass is 573 g/mol. The molecule has 0 radical (unpaired) electrons. The maximum absolute atomic E-state index is 13.3. The van der Waals surface area contributed by atoms with Crippen molar-refractivity contribution in [3.05, 3.63) is 48.5 Å². The van der Waals surface area contributed by atoms with Crippen molar-refractivity contribution < 1.29 is 22.7 Å². The number of carbonyl (C=O) groups excluding carboxylic acids is 1. The van der Waals surface area contributed by atoms with Crippen LogP contribution in [0.1, 0.15) is 19.3 Å². The number of fused-ring (bicyclic) bond motifs is 3. The predicted octanol–water partition coefficient (Wildman–Crippen LogP) is 4.39. The average Bonchev–Trinajstić information content (AvgIpc) is 3.20. The van der Waals surface area contributed by atoms with Gasteiger partial charge in [-0.3, -0.25) is 14.4 Å². The van der Waals surface area contributed by atoms with E-state index >= 15 is 0 Å². The Balaban J connectivity index is 0.00000353. The van der Waals surface area contributed by atoms with Crippen molar-refractivity contribution >= 4 is 61.5 Å². The molecule has 12 heteroatoms. The number of hydrogen-bond donors (Lipinski definition) is 2. The highest BCUT2D eigenvalue weighted by atomic mass is 35.5. The fraction of sp³-hybridized carbons (Fsp3) is 0.333. The van der Waals surface area contributed by atoms with Crippen molar-refractivity contribution in [1.82, 2.24) is 14.5 Å². The minimum Gasteiger partial charge on any atom is -0.481 e. The SMILES string of the molecule is COc1ccc(NS(=O)(=O)c2ccc3c(c2)c2ccc(NC(=O)CN4CCCCC4)cc2n3C)c(OC)n1.Cl. The number of methoxy groups -OCH3 is 2. The van der Waals surface area contributed by atoms with Gasteiger partial charge in [-0.25, -0.2) is 8.42 Å². The number of sulfonamides is 1. The van der Waals surface area contributed by atoms with Crippen molar-refractivity contribution in [2.45, 2.75) is 24.2 Å². The van der Waals surface area contributed by atoms with E-state index in [1.54, 1.807) is 30.3 Å². The minimum absolute atomic E-state index is 0. The first-order chi connectivity index (χ1) is 18.3. The van der Waals surface area contributed by atoms with E-state index in [1.165, 1.54) is 20.6 Å². The molecular weight excluding hydrogens is 542 g/mol. The van der Waals surface area contributed by atoms with E-state index < -0.39 is 10.0 Å². The zero-order valence-electron chi connectivity index (χ0n) is 22.1. The van der Waals surface area contributed by atoms with Gasteiger partial charge >= 0.3 is 0 Å². The van der Waals surface area contributed by atoms with Crippen LogP contribution in [0.15, 0.2) is 53.4 Å². The lowest BCUT2D eigenvalue weighted by Crippen LogP contribution is -2.36. The number of anilines is 2. The van der Waals surface area contributed by atoms with Gasteiger partial charge in [0, 0.05) is 35.1 Å². The Labute approximate surface area is 233 Å². The Kier molecular flexibility index (Phi) is 8.53. The van der Waals surface area contributed by atoms with Crippen LogP contribution >= 0.6 is 12.4 Å². The van der Waals surface area contributed by atoms with Crippen molar-refractivity contribution in [2.75, 3.05) is 43.9 Å². The molecule has 5 rings (SSSR count). The molecule has 1 fully saturated rings. The molecule has 1 saturated heterocycles. The summed E-state index contributed by atoms with van der Waals surface area (Å²) in [6.45, 7) is 2.30. The van der Waals surface area contributed by atoms with Gasteiger partial charge in [0.2, 0.25) is 17.7 Å². The lowest BCUT2D eigenvalue weighted by atomic mass is 10.1. The standard InChI is InChI=1S/C27H31N5O5S.ClH/c1-31-23-11-8-19(38(34,35)30-22-10-12-26(36-2)29-27(22)37-3)16-21(23)20-9-7-18(15-24(20)31)28-25(33)17-32-13-5-4-6-14-32;/h7-12,15-16,30H,4-6,13-14,17H2,1-3H3,(H,28,33);1H.